The Hall–Kier alpha value is -2.38. The zero-order chi connectivity index (χ0) is 19.9. The van der Waals surface area contributed by atoms with E-state index in [9.17, 15) is 13.2 Å². The molecule has 0 fully saturated rings. The van der Waals surface area contributed by atoms with Gasteiger partial charge in [-0.1, -0.05) is 32.0 Å². The molecule has 2 rings (SSSR count). The number of sulfonamides is 1. The zero-order valence-electron chi connectivity index (χ0n) is 15.9. The quantitative estimate of drug-likeness (QED) is 0.714. The molecule has 0 heterocycles. The minimum absolute atomic E-state index is 0.133. The molecule has 2 aromatic carbocycles. The van der Waals surface area contributed by atoms with E-state index in [1.807, 2.05) is 24.3 Å². The van der Waals surface area contributed by atoms with Crippen molar-refractivity contribution < 1.29 is 17.9 Å². The highest BCUT2D eigenvalue weighted by molar-refractivity contribution is 7.89. The summed E-state index contributed by atoms with van der Waals surface area (Å²) < 4.78 is 31.7. The molecule has 0 aliphatic carbocycles. The van der Waals surface area contributed by atoms with Gasteiger partial charge in [0.1, 0.15) is 5.75 Å². The highest BCUT2D eigenvalue weighted by Gasteiger charge is 2.22. The molecule has 0 saturated heterocycles. The Morgan fingerprint density at radius 3 is 2.33 bits per heavy atom. The number of amides is 1. The number of ether oxygens (including phenoxy) is 1. The molecule has 6 nitrogen and oxygen atoms in total. The molecular weight excluding hydrogens is 364 g/mol. The molecule has 0 bridgehead atoms. The lowest BCUT2D eigenvalue weighted by molar-refractivity contribution is 0.0954. The molecule has 0 aliphatic heterocycles. The second-order valence-corrected chi connectivity index (χ2v) is 7.91. The van der Waals surface area contributed by atoms with Gasteiger partial charge in [0.25, 0.3) is 5.91 Å². The number of nitrogens with zero attached hydrogens (tertiary/aromatic N) is 1. The summed E-state index contributed by atoms with van der Waals surface area (Å²) in [5.74, 6) is 0.495. The maximum Gasteiger partial charge on any atom is 0.251 e. The number of methoxy groups -OCH3 is 1. The van der Waals surface area contributed by atoms with Gasteiger partial charge in [0.05, 0.1) is 12.0 Å². The molecule has 0 aromatic heterocycles. The van der Waals surface area contributed by atoms with Gasteiger partial charge >= 0.3 is 0 Å². The Kier molecular flexibility index (Phi) is 7.38. The summed E-state index contributed by atoms with van der Waals surface area (Å²) in [4.78, 5) is 12.5. The average Bonchev–Trinajstić information content (AvgIpc) is 2.69. The smallest absolute Gasteiger partial charge is 0.251 e. The molecule has 0 aliphatic rings. The van der Waals surface area contributed by atoms with Gasteiger partial charge in [-0.25, -0.2) is 8.42 Å². The first-order chi connectivity index (χ1) is 12.9. The normalized spacial score (nSPS) is 11.4. The van der Waals surface area contributed by atoms with Crippen molar-refractivity contribution in [3.63, 3.8) is 0 Å². The van der Waals surface area contributed by atoms with E-state index >= 15 is 0 Å². The summed E-state index contributed by atoms with van der Waals surface area (Å²) in [6, 6.07) is 13.8. The van der Waals surface area contributed by atoms with Gasteiger partial charge in [-0.05, 0) is 42.3 Å². The van der Waals surface area contributed by atoms with Crippen LogP contribution in [0.5, 0.6) is 5.75 Å². The Morgan fingerprint density at radius 1 is 1.07 bits per heavy atom. The van der Waals surface area contributed by atoms with Crippen LogP contribution in [0.3, 0.4) is 0 Å². The predicted octanol–water partition coefficient (Wildman–Crippen LogP) is 2.70. The maximum atomic E-state index is 12.6. The number of rotatable bonds is 9. The first-order valence-corrected chi connectivity index (χ1v) is 10.4. The van der Waals surface area contributed by atoms with Crippen molar-refractivity contribution in [2.75, 3.05) is 26.7 Å². The molecule has 0 atom stereocenters. The Bertz CT molecular complexity index is 860. The van der Waals surface area contributed by atoms with E-state index in [0.717, 1.165) is 11.3 Å². The van der Waals surface area contributed by atoms with Gasteiger partial charge in [-0.2, -0.15) is 4.31 Å². The van der Waals surface area contributed by atoms with Crippen molar-refractivity contribution in [1.29, 1.82) is 0 Å². The Morgan fingerprint density at radius 2 is 1.74 bits per heavy atom. The summed E-state index contributed by atoms with van der Waals surface area (Å²) in [6.45, 7) is 4.81. The van der Waals surface area contributed by atoms with Crippen molar-refractivity contribution in [2.45, 2.75) is 25.2 Å². The maximum absolute atomic E-state index is 12.6. The van der Waals surface area contributed by atoms with Gasteiger partial charge in [0, 0.05) is 25.2 Å². The van der Waals surface area contributed by atoms with Crippen molar-refractivity contribution >= 4 is 15.9 Å². The SMILES string of the molecule is CCN(CC)S(=O)(=O)c1cccc(C(=O)NCCc2ccc(OC)cc2)c1. The second kappa shape index (κ2) is 9.53. The highest BCUT2D eigenvalue weighted by Crippen LogP contribution is 2.17. The molecule has 27 heavy (non-hydrogen) atoms. The summed E-state index contributed by atoms with van der Waals surface area (Å²) in [5.41, 5.74) is 1.41. The third-order valence-corrected chi connectivity index (χ3v) is 6.34. The summed E-state index contributed by atoms with van der Waals surface area (Å²) in [7, 11) is -1.97. The minimum Gasteiger partial charge on any atom is -0.497 e. The van der Waals surface area contributed by atoms with E-state index in [1.54, 1.807) is 33.1 Å². The van der Waals surface area contributed by atoms with Crippen molar-refractivity contribution in [3.05, 3.63) is 59.7 Å². The van der Waals surface area contributed by atoms with Crippen LogP contribution in [0, 0.1) is 0 Å². The third-order valence-electron chi connectivity index (χ3n) is 4.30. The molecule has 1 N–H and O–H groups in total. The van der Waals surface area contributed by atoms with Crippen molar-refractivity contribution in [3.8, 4) is 5.75 Å². The summed E-state index contributed by atoms with van der Waals surface area (Å²) >= 11 is 0. The van der Waals surface area contributed by atoms with Gasteiger partial charge in [-0.15, -0.1) is 0 Å². The van der Waals surface area contributed by atoms with E-state index in [0.29, 0.717) is 31.6 Å². The molecule has 146 valence electrons. The van der Waals surface area contributed by atoms with E-state index in [1.165, 1.54) is 16.4 Å². The topological polar surface area (TPSA) is 75.7 Å². The van der Waals surface area contributed by atoms with Gasteiger partial charge < -0.3 is 10.1 Å². The first kappa shape index (κ1) is 20.9. The van der Waals surface area contributed by atoms with Crippen LogP contribution >= 0.6 is 0 Å². The monoisotopic (exact) mass is 390 g/mol. The van der Waals surface area contributed by atoms with Crippen LogP contribution in [0.2, 0.25) is 0 Å². The first-order valence-electron chi connectivity index (χ1n) is 8.93. The molecular formula is C20H26N2O4S. The Balaban J connectivity index is 2.02. The van der Waals surface area contributed by atoms with E-state index in [-0.39, 0.29) is 10.8 Å². The number of carbonyl (C=O) groups excluding carboxylic acids is 1. The zero-order valence-corrected chi connectivity index (χ0v) is 16.8. The van der Waals surface area contributed by atoms with Gasteiger partial charge in [0.15, 0.2) is 0 Å². The number of carbonyl (C=O) groups is 1. The van der Waals surface area contributed by atoms with Crippen LogP contribution in [0.1, 0.15) is 29.8 Å². The number of hydrogen-bond acceptors (Lipinski definition) is 4. The van der Waals surface area contributed by atoms with Crippen LogP contribution in [0.15, 0.2) is 53.4 Å². The van der Waals surface area contributed by atoms with Gasteiger partial charge in [-0.3, -0.25) is 4.79 Å². The number of benzene rings is 2. The van der Waals surface area contributed by atoms with Crippen molar-refractivity contribution in [1.82, 2.24) is 9.62 Å². The number of nitrogens with one attached hydrogen (secondary N) is 1. The van der Waals surface area contributed by atoms with Crippen LogP contribution < -0.4 is 10.1 Å². The molecule has 0 saturated carbocycles. The summed E-state index contributed by atoms with van der Waals surface area (Å²) in [6.07, 6.45) is 0.674. The minimum atomic E-state index is -3.59. The molecule has 7 heteroatoms. The fraction of sp³-hybridized carbons (Fsp3) is 0.350. The van der Waals surface area contributed by atoms with Crippen LogP contribution in [-0.2, 0) is 16.4 Å². The van der Waals surface area contributed by atoms with Crippen LogP contribution in [0.4, 0.5) is 0 Å². The van der Waals surface area contributed by atoms with Gasteiger partial charge in [0.2, 0.25) is 10.0 Å². The molecule has 0 radical (unpaired) electrons. The largest absolute Gasteiger partial charge is 0.497 e. The fourth-order valence-corrected chi connectivity index (χ4v) is 4.23. The van der Waals surface area contributed by atoms with Crippen LogP contribution in [-0.4, -0.2) is 45.4 Å². The molecule has 0 unspecified atom stereocenters. The highest BCUT2D eigenvalue weighted by atomic mass is 32.2. The van der Waals surface area contributed by atoms with Crippen LogP contribution in [0.25, 0.3) is 0 Å². The molecule has 1 amide bonds. The standard InChI is InChI=1S/C20H26N2O4S/c1-4-22(5-2)27(24,25)19-8-6-7-17(15-19)20(23)21-14-13-16-9-11-18(26-3)12-10-16/h6-12,15H,4-5,13-14H2,1-3H3,(H,21,23). The lowest BCUT2D eigenvalue weighted by Crippen LogP contribution is -2.31. The average molecular weight is 391 g/mol. The second-order valence-electron chi connectivity index (χ2n) is 5.97. The molecule has 2 aromatic rings. The van der Waals surface area contributed by atoms with E-state index < -0.39 is 10.0 Å². The number of hydrogen-bond donors (Lipinski definition) is 1. The van der Waals surface area contributed by atoms with Crippen molar-refractivity contribution in [2.24, 2.45) is 0 Å². The lowest BCUT2D eigenvalue weighted by atomic mass is 10.1. The molecule has 0 spiro atoms. The fourth-order valence-electron chi connectivity index (χ4n) is 2.73. The predicted molar refractivity (Wildman–Crippen MR) is 106 cm³/mol. The van der Waals surface area contributed by atoms with E-state index in [2.05, 4.69) is 5.32 Å². The summed E-state index contributed by atoms with van der Waals surface area (Å²) in [5, 5.41) is 2.83. The lowest BCUT2D eigenvalue weighted by Gasteiger charge is -2.18. The van der Waals surface area contributed by atoms with E-state index in [4.69, 9.17) is 4.74 Å². The third kappa shape index (κ3) is 5.30. The Labute approximate surface area is 161 Å².